The Bertz CT molecular complexity index is 553. The zero-order chi connectivity index (χ0) is 13.5. The third-order valence-electron chi connectivity index (χ3n) is 3.57. The summed E-state index contributed by atoms with van der Waals surface area (Å²) >= 11 is 1.39. The first kappa shape index (κ1) is 13.3. The molecule has 19 heavy (non-hydrogen) atoms. The van der Waals surface area contributed by atoms with Crippen molar-refractivity contribution in [3.63, 3.8) is 0 Å². The molecule has 1 aromatic heterocycles. The Kier molecular flexibility index (Phi) is 3.48. The summed E-state index contributed by atoms with van der Waals surface area (Å²) < 4.78 is 30.9. The van der Waals surface area contributed by atoms with Gasteiger partial charge in [-0.1, -0.05) is 6.92 Å². The number of hydrogen-bond acceptors (Lipinski definition) is 6. The monoisotopic (exact) mass is 302 g/mol. The molecular formula is C11H18N4O2S2. The molecule has 1 aliphatic heterocycles. The SMILES string of the molecule is CCNS(=O)(=O)C1CCN(c2nc(C3CC3)ns2)C1. The highest BCUT2D eigenvalue weighted by Gasteiger charge is 2.35. The fourth-order valence-corrected chi connectivity index (χ4v) is 4.55. The van der Waals surface area contributed by atoms with E-state index in [1.807, 2.05) is 4.90 Å². The number of anilines is 1. The third-order valence-corrected chi connectivity index (χ3v) is 6.32. The summed E-state index contributed by atoms with van der Waals surface area (Å²) in [6.45, 7) is 3.52. The average Bonchev–Trinajstić information content (AvgIpc) is 2.92. The second-order valence-electron chi connectivity index (χ2n) is 5.11. The van der Waals surface area contributed by atoms with E-state index >= 15 is 0 Å². The Balaban J connectivity index is 1.67. The van der Waals surface area contributed by atoms with Crippen molar-refractivity contribution in [1.82, 2.24) is 14.1 Å². The fourth-order valence-electron chi connectivity index (χ4n) is 2.34. The van der Waals surface area contributed by atoms with Crippen LogP contribution >= 0.6 is 11.5 Å². The van der Waals surface area contributed by atoms with E-state index in [9.17, 15) is 8.42 Å². The van der Waals surface area contributed by atoms with Gasteiger partial charge < -0.3 is 4.90 Å². The maximum absolute atomic E-state index is 12.0. The molecule has 1 unspecified atom stereocenters. The normalized spacial score (nSPS) is 24.1. The van der Waals surface area contributed by atoms with Gasteiger partial charge in [-0.15, -0.1) is 0 Å². The fraction of sp³-hybridized carbons (Fsp3) is 0.818. The van der Waals surface area contributed by atoms with Crippen LogP contribution in [0.25, 0.3) is 0 Å². The highest BCUT2D eigenvalue weighted by molar-refractivity contribution is 7.90. The Morgan fingerprint density at radius 1 is 1.42 bits per heavy atom. The molecule has 2 heterocycles. The molecule has 3 rings (SSSR count). The van der Waals surface area contributed by atoms with Crippen molar-refractivity contribution in [2.45, 2.75) is 37.4 Å². The zero-order valence-electron chi connectivity index (χ0n) is 10.9. The molecule has 2 fully saturated rings. The Hall–Kier alpha value is -0.730. The summed E-state index contributed by atoms with van der Waals surface area (Å²) in [5, 5.41) is 0.539. The smallest absolute Gasteiger partial charge is 0.216 e. The first-order valence-corrected chi connectivity index (χ1v) is 8.99. The molecule has 1 saturated carbocycles. The van der Waals surface area contributed by atoms with Crippen molar-refractivity contribution < 1.29 is 8.42 Å². The van der Waals surface area contributed by atoms with Gasteiger partial charge in [-0.25, -0.2) is 18.1 Å². The van der Waals surface area contributed by atoms with Crippen LogP contribution < -0.4 is 9.62 Å². The lowest BCUT2D eigenvalue weighted by molar-refractivity contribution is 0.571. The van der Waals surface area contributed by atoms with Gasteiger partial charge in [-0.05, 0) is 19.3 Å². The largest absolute Gasteiger partial charge is 0.345 e. The van der Waals surface area contributed by atoms with Gasteiger partial charge in [0.05, 0.1) is 5.25 Å². The molecule has 1 aromatic rings. The van der Waals surface area contributed by atoms with E-state index in [1.165, 1.54) is 24.4 Å². The highest BCUT2D eigenvalue weighted by atomic mass is 32.2. The summed E-state index contributed by atoms with van der Waals surface area (Å²) in [5.74, 6) is 1.49. The van der Waals surface area contributed by atoms with Crippen molar-refractivity contribution in [2.75, 3.05) is 24.5 Å². The van der Waals surface area contributed by atoms with Crippen molar-refractivity contribution >= 4 is 26.7 Å². The molecule has 1 atom stereocenters. The Labute approximate surface area is 117 Å². The van der Waals surface area contributed by atoms with Crippen LogP contribution in [0.3, 0.4) is 0 Å². The molecule has 0 bridgehead atoms. The zero-order valence-corrected chi connectivity index (χ0v) is 12.5. The Morgan fingerprint density at radius 3 is 2.89 bits per heavy atom. The second-order valence-corrected chi connectivity index (χ2v) is 7.88. The minimum Gasteiger partial charge on any atom is -0.345 e. The number of aromatic nitrogens is 2. The van der Waals surface area contributed by atoms with Crippen LogP contribution in [0, 0.1) is 0 Å². The van der Waals surface area contributed by atoms with E-state index in [1.54, 1.807) is 6.92 Å². The van der Waals surface area contributed by atoms with Crippen molar-refractivity contribution in [1.29, 1.82) is 0 Å². The van der Waals surface area contributed by atoms with Crippen molar-refractivity contribution in [3.8, 4) is 0 Å². The molecule has 6 nitrogen and oxygen atoms in total. The van der Waals surface area contributed by atoms with Gasteiger partial charge >= 0.3 is 0 Å². The van der Waals surface area contributed by atoms with Gasteiger partial charge in [0.2, 0.25) is 15.2 Å². The second kappa shape index (κ2) is 4.99. The number of nitrogens with one attached hydrogen (secondary N) is 1. The van der Waals surface area contributed by atoms with Crippen molar-refractivity contribution in [3.05, 3.63) is 5.82 Å². The van der Waals surface area contributed by atoms with E-state index in [4.69, 9.17) is 0 Å². The molecule has 0 spiro atoms. The van der Waals surface area contributed by atoms with E-state index < -0.39 is 10.0 Å². The number of nitrogens with zero attached hydrogens (tertiary/aromatic N) is 3. The van der Waals surface area contributed by atoms with Gasteiger partial charge in [-0.2, -0.15) is 4.37 Å². The quantitative estimate of drug-likeness (QED) is 0.876. The van der Waals surface area contributed by atoms with E-state index in [0.717, 1.165) is 17.5 Å². The average molecular weight is 302 g/mol. The number of sulfonamides is 1. The minimum atomic E-state index is -3.18. The third kappa shape index (κ3) is 2.75. The van der Waals surface area contributed by atoms with Crippen LogP contribution in [0.4, 0.5) is 5.13 Å². The first-order valence-electron chi connectivity index (χ1n) is 6.67. The maximum Gasteiger partial charge on any atom is 0.216 e. The summed E-state index contributed by atoms with van der Waals surface area (Å²) in [6, 6.07) is 0. The summed E-state index contributed by atoms with van der Waals surface area (Å²) in [6.07, 6.45) is 3.04. The van der Waals surface area contributed by atoms with E-state index in [-0.39, 0.29) is 5.25 Å². The number of hydrogen-bond donors (Lipinski definition) is 1. The summed E-state index contributed by atoms with van der Waals surface area (Å²) in [5.41, 5.74) is 0. The molecule has 1 N–H and O–H groups in total. The van der Waals surface area contributed by atoms with E-state index in [0.29, 0.717) is 25.4 Å². The molecular weight excluding hydrogens is 284 g/mol. The van der Waals surface area contributed by atoms with Crippen LogP contribution in [0.15, 0.2) is 0 Å². The molecule has 8 heteroatoms. The predicted octanol–water partition coefficient (Wildman–Crippen LogP) is 0.933. The van der Waals surface area contributed by atoms with Gasteiger partial charge in [0, 0.05) is 37.1 Å². The minimum absolute atomic E-state index is 0.333. The topological polar surface area (TPSA) is 75.2 Å². The lowest BCUT2D eigenvalue weighted by Gasteiger charge is -2.14. The summed E-state index contributed by atoms with van der Waals surface area (Å²) in [4.78, 5) is 6.58. The molecule has 1 saturated heterocycles. The molecule has 2 aliphatic rings. The highest BCUT2D eigenvalue weighted by Crippen LogP contribution is 2.40. The predicted molar refractivity (Wildman–Crippen MR) is 75.1 cm³/mol. The summed E-state index contributed by atoms with van der Waals surface area (Å²) in [7, 11) is -3.18. The first-order chi connectivity index (χ1) is 9.10. The van der Waals surface area contributed by atoms with Gasteiger partial charge in [0.1, 0.15) is 5.82 Å². The molecule has 0 radical (unpaired) electrons. The van der Waals surface area contributed by atoms with Crippen LogP contribution in [0.1, 0.15) is 37.9 Å². The van der Waals surface area contributed by atoms with Crippen molar-refractivity contribution in [2.24, 2.45) is 0 Å². The maximum atomic E-state index is 12.0. The lowest BCUT2D eigenvalue weighted by atomic mass is 10.4. The van der Waals surface area contributed by atoms with Crippen LogP contribution in [-0.2, 0) is 10.0 Å². The van der Waals surface area contributed by atoms with Gasteiger partial charge in [0.25, 0.3) is 0 Å². The lowest BCUT2D eigenvalue weighted by Crippen LogP contribution is -2.36. The van der Waals surface area contributed by atoms with Crippen LogP contribution in [-0.4, -0.2) is 42.7 Å². The van der Waals surface area contributed by atoms with E-state index in [2.05, 4.69) is 14.1 Å². The molecule has 0 aromatic carbocycles. The number of rotatable bonds is 5. The molecule has 1 aliphatic carbocycles. The molecule has 106 valence electrons. The Morgan fingerprint density at radius 2 is 2.21 bits per heavy atom. The van der Waals surface area contributed by atoms with Crippen LogP contribution in [0.2, 0.25) is 0 Å². The van der Waals surface area contributed by atoms with Gasteiger partial charge in [0.15, 0.2) is 0 Å². The van der Waals surface area contributed by atoms with Crippen LogP contribution in [0.5, 0.6) is 0 Å². The van der Waals surface area contributed by atoms with Gasteiger partial charge in [-0.3, -0.25) is 0 Å². The molecule has 0 amide bonds. The standard InChI is InChI=1S/C11H18N4O2S2/c1-2-12-19(16,17)9-5-6-15(7-9)11-13-10(14-18-11)8-3-4-8/h8-9,12H,2-7H2,1H3.